The highest BCUT2D eigenvalue weighted by Gasteiger charge is 2.28. The Morgan fingerprint density at radius 3 is 2.88 bits per heavy atom. The third-order valence-corrected chi connectivity index (χ3v) is 4.35. The van der Waals surface area contributed by atoms with Crippen LogP contribution in [0.4, 0.5) is 0 Å². The number of carbonyl (C=O) groups is 1. The van der Waals surface area contributed by atoms with Crippen LogP contribution < -0.4 is 0 Å². The minimum atomic E-state index is 0.0421. The summed E-state index contributed by atoms with van der Waals surface area (Å²) in [6, 6.07) is 4.06. The molecule has 128 valence electrons. The fourth-order valence-electron chi connectivity index (χ4n) is 3.19. The predicted octanol–water partition coefficient (Wildman–Crippen LogP) is 1.95. The Balaban J connectivity index is 1.87. The van der Waals surface area contributed by atoms with Crippen molar-refractivity contribution < 1.29 is 4.79 Å². The Morgan fingerprint density at radius 2 is 2.21 bits per heavy atom. The van der Waals surface area contributed by atoms with Crippen LogP contribution in [0.5, 0.6) is 0 Å². The molecule has 3 rings (SSSR count). The number of aromatic nitrogens is 3. The van der Waals surface area contributed by atoms with Crippen molar-refractivity contribution in [3.63, 3.8) is 0 Å². The van der Waals surface area contributed by atoms with Crippen LogP contribution in [-0.4, -0.2) is 51.1 Å². The summed E-state index contributed by atoms with van der Waals surface area (Å²) in [5, 5.41) is 4.72. The fraction of sp³-hybridized carbons (Fsp3) is 0.500. The normalized spacial score (nSPS) is 14.5. The quantitative estimate of drug-likeness (QED) is 0.842. The summed E-state index contributed by atoms with van der Waals surface area (Å²) < 4.78 is 1.90. The molecule has 0 saturated carbocycles. The maximum atomic E-state index is 12.7. The first-order valence-electron chi connectivity index (χ1n) is 8.51. The molecule has 0 fully saturated rings. The van der Waals surface area contributed by atoms with E-state index in [2.05, 4.69) is 22.9 Å². The molecule has 0 radical (unpaired) electrons. The van der Waals surface area contributed by atoms with Gasteiger partial charge >= 0.3 is 0 Å². The van der Waals surface area contributed by atoms with Crippen LogP contribution in [0.15, 0.2) is 24.5 Å². The van der Waals surface area contributed by atoms with Gasteiger partial charge in [-0.25, -0.2) is 0 Å². The minimum absolute atomic E-state index is 0.0421. The molecule has 1 amide bonds. The summed E-state index contributed by atoms with van der Waals surface area (Å²) in [6.07, 6.45) is 5.55. The number of aryl methyl sites for hydroxylation is 1. The highest BCUT2D eigenvalue weighted by atomic mass is 16.2. The van der Waals surface area contributed by atoms with Crippen molar-refractivity contribution in [3.8, 4) is 0 Å². The second kappa shape index (κ2) is 7.13. The average Bonchev–Trinajstić information content (AvgIpc) is 2.92. The number of hydrogen-bond acceptors (Lipinski definition) is 4. The number of carbonyl (C=O) groups excluding carboxylic acids is 1. The second-order valence-corrected chi connectivity index (χ2v) is 6.52. The molecule has 1 aliphatic heterocycles. The Hall–Kier alpha value is -2.21. The predicted molar refractivity (Wildman–Crippen MR) is 92.6 cm³/mol. The van der Waals surface area contributed by atoms with E-state index in [-0.39, 0.29) is 5.91 Å². The highest BCUT2D eigenvalue weighted by molar-refractivity contribution is 5.94. The summed E-state index contributed by atoms with van der Waals surface area (Å²) in [5.41, 5.74) is 4.13. The Labute approximate surface area is 143 Å². The molecule has 1 aliphatic rings. The van der Waals surface area contributed by atoms with E-state index in [0.29, 0.717) is 0 Å². The summed E-state index contributed by atoms with van der Waals surface area (Å²) in [4.78, 5) is 20.9. The molecule has 0 unspecified atom stereocenters. The maximum absolute atomic E-state index is 12.7. The van der Waals surface area contributed by atoms with Gasteiger partial charge in [-0.3, -0.25) is 19.4 Å². The zero-order valence-electron chi connectivity index (χ0n) is 14.7. The van der Waals surface area contributed by atoms with Crippen LogP contribution in [0, 0.1) is 0 Å². The summed E-state index contributed by atoms with van der Waals surface area (Å²) in [7, 11) is 3.60. The Morgan fingerprint density at radius 1 is 1.38 bits per heavy atom. The van der Waals surface area contributed by atoms with E-state index in [1.165, 1.54) is 5.56 Å². The van der Waals surface area contributed by atoms with Gasteiger partial charge in [0.05, 0.1) is 5.69 Å². The van der Waals surface area contributed by atoms with Crippen molar-refractivity contribution in [2.75, 3.05) is 20.6 Å². The molecule has 3 heterocycles. The SMILES string of the molecule is CCCn1nc2c(c1C(=O)N(C)C)CN(Cc1cccnc1)CC2. The number of nitrogens with zero attached hydrogens (tertiary/aromatic N) is 5. The number of rotatable bonds is 5. The third-order valence-electron chi connectivity index (χ3n) is 4.35. The second-order valence-electron chi connectivity index (χ2n) is 6.52. The third kappa shape index (κ3) is 3.33. The number of hydrogen-bond donors (Lipinski definition) is 0. The van der Waals surface area contributed by atoms with Crippen molar-refractivity contribution in [3.05, 3.63) is 47.0 Å². The summed E-state index contributed by atoms with van der Waals surface area (Å²) in [6.45, 7) is 5.47. The molecule has 6 nitrogen and oxygen atoms in total. The molecule has 2 aromatic heterocycles. The highest BCUT2D eigenvalue weighted by Crippen LogP contribution is 2.24. The molecule has 0 N–H and O–H groups in total. The van der Waals surface area contributed by atoms with Gasteiger partial charge in [-0.15, -0.1) is 0 Å². The van der Waals surface area contributed by atoms with Gasteiger partial charge in [0.25, 0.3) is 5.91 Å². The topological polar surface area (TPSA) is 54.3 Å². The van der Waals surface area contributed by atoms with Crippen LogP contribution in [0.3, 0.4) is 0 Å². The summed E-state index contributed by atoms with van der Waals surface area (Å²) >= 11 is 0. The van der Waals surface area contributed by atoms with Crippen molar-refractivity contribution in [2.24, 2.45) is 0 Å². The molecule has 0 bridgehead atoms. The molecule has 0 spiro atoms. The first-order valence-corrected chi connectivity index (χ1v) is 8.51. The molecular weight excluding hydrogens is 302 g/mol. The molecule has 0 atom stereocenters. The number of fused-ring (bicyclic) bond motifs is 1. The van der Waals surface area contributed by atoms with E-state index >= 15 is 0 Å². The molecule has 0 aromatic carbocycles. The number of pyridine rings is 1. The molecule has 6 heteroatoms. The lowest BCUT2D eigenvalue weighted by molar-refractivity contribution is 0.0812. The zero-order chi connectivity index (χ0) is 17.1. The van der Waals surface area contributed by atoms with Crippen LogP contribution in [0.2, 0.25) is 0 Å². The zero-order valence-corrected chi connectivity index (χ0v) is 14.7. The maximum Gasteiger partial charge on any atom is 0.271 e. The van der Waals surface area contributed by atoms with Crippen LogP contribution >= 0.6 is 0 Å². The lowest BCUT2D eigenvalue weighted by atomic mass is 10.0. The van der Waals surface area contributed by atoms with E-state index in [9.17, 15) is 4.79 Å². The lowest BCUT2D eigenvalue weighted by Crippen LogP contribution is -2.32. The van der Waals surface area contributed by atoms with E-state index < -0.39 is 0 Å². The number of amides is 1. The van der Waals surface area contributed by atoms with E-state index in [4.69, 9.17) is 5.10 Å². The average molecular weight is 327 g/mol. The van der Waals surface area contributed by atoms with Crippen molar-refractivity contribution in [1.82, 2.24) is 24.6 Å². The fourth-order valence-corrected chi connectivity index (χ4v) is 3.19. The van der Waals surface area contributed by atoms with E-state index in [1.807, 2.05) is 16.9 Å². The molecule has 0 saturated heterocycles. The Kier molecular flexibility index (Phi) is 4.94. The largest absolute Gasteiger partial charge is 0.343 e. The van der Waals surface area contributed by atoms with Gasteiger partial charge in [0.1, 0.15) is 5.69 Å². The molecule has 0 aliphatic carbocycles. The van der Waals surface area contributed by atoms with Gasteiger partial charge in [0, 0.05) is 64.7 Å². The van der Waals surface area contributed by atoms with Gasteiger partial charge < -0.3 is 4.90 Å². The minimum Gasteiger partial charge on any atom is -0.343 e. The first kappa shape index (κ1) is 16.6. The molecular formula is C18H25N5O. The van der Waals surface area contributed by atoms with Crippen LogP contribution in [-0.2, 0) is 26.1 Å². The first-order chi connectivity index (χ1) is 11.6. The van der Waals surface area contributed by atoms with Crippen molar-refractivity contribution in [2.45, 2.75) is 39.4 Å². The van der Waals surface area contributed by atoms with E-state index in [1.54, 1.807) is 25.2 Å². The van der Waals surface area contributed by atoms with Crippen molar-refractivity contribution in [1.29, 1.82) is 0 Å². The van der Waals surface area contributed by atoms with E-state index in [0.717, 1.165) is 56.0 Å². The standard InChI is InChI=1S/C18H25N5O/c1-4-9-23-17(18(24)21(2)3)15-13-22(10-7-16(15)20-23)12-14-6-5-8-19-11-14/h5-6,8,11H,4,7,9-10,12-13H2,1-3H3. The monoisotopic (exact) mass is 327 g/mol. The smallest absolute Gasteiger partial charge is 0.271 e. The van der Waals surface area contributed by atoms with Gasteiger partial charge in [0.15, 0.2) is 0 Å². The Bertz CT molecular complexity index is 708. The van der Waals surface area contributed by atoms with Crippen LogP contribution in [0.1, 0.15) is 40.7 Å². The van der Waals surface area contributed by atoms with Gasteiger partial charge in [-0.05, 0) is 18.1 Å². The summed E-state index contributed by atoms with van der Waals surface area (Å²) in [5.74, 6) is 0.0421. The molecule has 24 heavy (non-hydrogen) atoms. The van der Waals surface area contributed by atoms with Gasteiger partial charge in [-0.2, -0.15) is 5.10 Å². The van der Waals surface area contributed by atoms with Crippen molar-refractivity contribution >= 4 is 5.91 Å². The lowest BCUT2D eigenvalue weighted by Gasteiger charge is -2.26. The van der Waals surface area contributed by atoms with Gasteiger partial charge in [0.2, 0.25) is 0 Å². The molecule has 2 aromatic rings. The van der Waals surface area contributed by atoms with Gasteiger partial charge in [-0.1, -0.05) is 13.0 Å². The van der Waals surface area contributed by atoms with Crippen LogP contribution in [0.25, 0.3) is 0 Å².